The number of hydrogen-bond acceptors (Lipinski definition) is 3. The van der Waals surface area contributed by atoms with Crippen molar-refractivity contribution in [2.24, 2.45) is 0 Å². The van der Waals surface area contributed by atoms with Gasteiger partial charge in [-0.2, -0.15) is 5.26 Å². The van der Waals surface area contributed by atoms with Crippen molar-refractivity contribution >= 4 is 5.78 Å². The van der Waals surface area contributed by atoms with E-state index >= 15 is 0 Å². The maximum atomic E-state index is 12.3. The van der Waals surface area contributed by atoms with E-state index in [2.05, 4.69) is 19.9 Å². The van der Waals surface area contributed by atoms with Gasteiger partial charge < -0.3 is 4.74 Å². The van der Waals surface area contributed by atoms with Gasteiger partial charge in [-0.1, -0.05) is 38.1 Å². The van der Waals surface area contributed by atoms with Crippen molar-refractivity contribution in [1.29, 1.82) is 5.26 Å². The number of hydrogen-bond donors (Lipinski definition) is 0. The zero-order valence-corrected chi connectivity index (χ0v) is 12.8. The summed E-state index contributed by atoms with van der Waals surface area (Å²) in [6, 6.07) is 9.99. The Hall–Kier alpha value is -1.66. The van der Waals surface area contributed by atoms with Gasteiger partial charge in [0.25, 0.3) is 0 Å². The summed E-state index contributed by atoms with van der Waals surface area (Å²) >= 11 is 0. The van der Waals surface area contributed by atoms with E-state index in [1.165, 1.54) is 5.56 Å². The van der Waals surface area contributed by atoms with E-state index in [1.807, 2.05) is 24.3 Å². The van der Waals surface area contributed by atoms with Gasteiger partial charge in [0.2, 0.25) is 0 Å². The van der Waals surface area contributed by atoms with Crippen LogP contribution in [-0.2, 0) is 9.53 Å². The van der Waals surface area contributed by atoms with Crippen molar-refractivity contribution < 1.29 is 9.53 Å². The summed E-state index contributed by atoms with van der Waals surface area (Å²) in [4.78, 5) is 12.3. The molecule has 0 spiro atoms. The quantitative estimate of drug-likeness (QED) is 0.795. The van der Waals surface area contributed by atoms with Crippen LogP contribution in [0.5, 0.6) is 0 Å². The molecule has 0 aromatic heterocycles. The van der Waals surface area contributed by atoms with Crippen molar-refractivity contribution in [3.05, 3.63) is 35.4 Å². The van der Waals surface area contributed by atoms with Gasteiger partial charge in [-0.05, 0) is 36.3 Å². The molecule has 2 atom stereocenters. The molecule has 3 heteroatoms. The summed E-state index contributed by atoms with van der Waals surface area (Å²) in [5.74, 6) is -0.187. The summed E-state index contributed by atoms with van der Waals surface area (Å²) in [6.07, 6.45) is 3.48. The first-order chi connectivity index (χ1) is 10.1. The average molecular weight is 285 g/mol. The van der Waals surface area contributed by atoms with Gasteiger partial charge in [0.1, 0.15) is 5.92 Å². The minimum absolute atomic E-state index is 0.00490. The third-order valence-corrected chi connectivity index (χ3v) is 4.12. The third kappa shape index (κ3) is 4.15. The number of nitrogens with zero attached hydrogens (tertiary/aromatic N) is 1. The predicted molar refractivity (Wildman–Crippen MR) is 82.1 cm³/mol. The third-order valence-electron chi connectivity index (χ3n) is 4.12. The van der Waals surface area contributed by atoms with Gasteiger partial charge >= 0.3 is 0 Å². The van der Waals surface area contributed by atoms with E-state index in [0.29, 0.717) is 12.3 Å². The molecule has 1 aliphatic rings. The maximum Gasteiger partial charge on any atom is 0.154 e. The summed E-state index contributed by atoms with van der Waals surface area (Å²) in [7, 11) is 0. The largest absolute Gasteiger partial charge is 0.378 e. The van der Waals surface area contributed by atoms with Gasteiger partial charge in [0.05, 0.1) is 12.2 Å². The summed E-state index contributed by atoms with van der Waals surface area (Å²) < 4.78 is 5.53. The fourth-order valence-corrected chi connectivity index (χ4v) is 2.73. The lowest BCUT2D eigenvalue weighted by molar-refractivity contribution is -0.120. The molecule has 1 aliphatic heterocycles. The highest BCUT2D eigenvalue weighted by Gasteiger charge is 2.23. The van der Waals surface area contributed by atoms with E-state index in [-0.39, 0.29) is 11.9 Å². The molecule has 0 bridgehead atoms. The van der Waals surface area contributed by atoms with E-state index in [9.17, 15) is 10.1 Å². The van der Waals surface area contributed by atoms with Crippen LogP contribution in [0.1, 0.15) is 62.5 Å². The first kappa shape index (κ1) is 15.7. The second-order valence-electron chi connectivity index (χ2n) is 6.02. The molecule has 0 amide bonds. The monoisotopic (exact) mass is 285 g/mol. The lowest BCUT2D eigenvalue weighted by Crippen LogP contribution is -2.14. The molecule has 21 heavy (non-hydrogen) atoms. The minimum Gasteiger partial charge on any atom is -0.378 e. The Balaban J connectivity index is 1.97. The predicted octanol–water partition coefficient (Wildman–Crippen LogP) is 3.95. The van der Waals surface area contributed by atoms with Gasteiger partial charge in [0, 0.05) is 13.0 Å². The molecule has 2 rings (SSSR count). The topological polar surface area (TPSA) is 50.1 Å². The molecule has 1 aromatic rings. The van der Waals surface area contributed by atoms with Crippen LogP contribution in [-0.4, -0.2) is 18.5 Å². The maximum absolute atomic E-state index is 12.3. The van der Waals surface area contributed by atoms with Crippen molar-refractivity contribution in [3.63, 3.8) is 0 Å². The van der Waals surface area contributed by atoms with E-state index < -0.39 is 5.92 Å². The van der Waals surface area contributed by atoms with Gasteiger partial charge in [-0.25, -0.2) is 0 Å². The van der Waals surface area contributed by atoms with Crippen LogP contribution in [0.4, 0.5) is 0 Å². The number of carbonyl (C=O) groups is 1. The average Bonchev–Trinajstić information content (AvgIpc) is 3.00. The lowest BCUT2D eigenvalue weighted by Gasteiger charge is -2.12. The first-order valence-electron chi connectivity index (χ1n) is 7.75. The smallest absolute Gasteiger partial charge is 0.154 e. The first-order valence-corrected chi connectivity index (χ1v) is 7.75. The molecule has 0 radical (unpaired) electrons. The summed E-state index contributed by atoms with van der Waals surface area (Å²) in [5, 5.41) is 9.32. The molecule has 0 saturated carbocycles. The second kappa shape index (κ2) is 7.38. The molecule has 2 unspecified atom stereocenters. The summed E-state index contributed by atoms with van der Waals surface area (Å²) in [6.45, 7) is 5.06. The number of benzene rings is 1. The zero-order valence-electron chi connectivity index (χ0n) is 12.8. The van der Waals surface area contributed by atoms with Crippen molar-refractivity contribution in [2.75, 3.05) is 6.61 Å². The lowest BCUT2D eigenvalue weighted by atomic mass is 9.91. The number of rotatable bonds is 6. The second-order valence-corrected chi connectivity index (χ2v) is 6.02. The highest BCUT2D eigenvalue weighted by Crippen LogP contribution is 2.24. The van der Waals surface area contributed by atoms with Gasteiger partial charge in [-0.15, -0.1) is 0 Å². The highest BCUT2D eigenvalue weighted by atomic mass is 16.5. The standard InChI is InChI=1S/C18H23NO2/c1-13(2)14-5-7-15(8-6-14)17(12-19)18(20)10-9-16-4-3-11-21-16/h5-8,13,16-17H,3-4,9-11H2,1-2H3. The zero-order chi connectivity index (χ0) is 15.2. The van der Waals surface area contributed by atoms with Gasteiger partial charge in [0.15, 0.2) is 5.78 Å². The number of carbonyl (C=O) groups excluding carboxylic acids is 1. The van der Waals surface area contributed by atoms with E-state index in [1.54, 1.807) is 0 Å². The van der Waals surface area contributed by atoms with E-state index in [4.69, 9.17) is 4.74 Å². The number of nitriles is 1. The number of Topliss-reactive ketones (excluding diaryl/α,β-unsaturated/α-hetero) is 1. The van der Waals surface area contributed by atoms with Crippen LogP contribution in [0.3, 0.4) is 0 Å². The molecule has 3 nitrogen and oxygen atoms in total. The Morgan fingerprint density at radius 2 is 2.00 bits per heavy atom. The highest BCUT2D eigenvalue weighted by molar-refractivity contribution is 5.88. The molecular weight excluding hydrogens is 262 g/mol. The molecule has 1 fully saturated rings. The summed E-state index contributed by atoms with van der Waals surface area (Å²) in [5.41, 5.74) is 2.03. The van der Waals surface area contributed by atoms with Gasteiger partial charge in [-0.3, -0.25) is 4.79 Å². The van der Waals surface area contributed by atoms with Crippen LogP contribution in [0, 0.1) is 11.3 Å². The van der Waals surface area contributed by atoms with Crippen LogP contribution in [0.15, 0.2) is 24.3 Å². The van der Waals surface area contributed by atoms with Crippen LogP contribution >= 0.6 is 0 Å². The minimum atomic E-state index is -0.646. The fraction of sp³-hybridized carbons (Fsp3) is 0.556. The van der Waals surface area contributed by atoms with Crippen molar-refractivity contribution in [3.8, 4) is 6.07 Å². The number of ether oxygens (including phenoxy) is 1. The number of ketones is 1. The van der Waals surface area contributed by atoms with Crippen molar-refractivity contribution in [1.82, 2.24) is 0 Å². The Morgan fingerprint density at radius 3 is 2.52 bits per heavy atom. The van der Waals surface area contributed by atoms with Crippen LogP contribution < -0.4 is 0 Å². The Kier molecular flexibility index (Phi) is 5.52. The molecule has 0 aliphatic carbocycles. The molecule has 1 saturated heterocycles. The molecular formula is C18H23NO2. The SMILES string of the molecule is CC(C)c1ccc(C(C#N)C(=O)CCC2CCCO2)cc1. The normalized spacial score (nSPS) is 19.4. The molecule has 1 aromatic carbocycles. The molecule has 1 heterocycles. The fourth-order valence-electron chi connectivity index (χ4n) is 2.73. The molecule has 112 valence electrons. The Bertz CT molecular complexity index is 507. The Morgan fingerprint density at radius 1 is 1.33 bits per heavy atom. The Labute approximate surface area is 126 Å². The van der Waals surface area contributed by atoms with Crippen LogP contribution in [0.25, 0.3) is 0 Å². The molecule has 0 N–H and O–H groups in total. The van der Waals surface area contributed by atoms with Crippen LogP contribution in [0.2, 0.25) is 0 Å². The van der Waals surface area contributed by atoms with E-state index in [0.717, 1.165) is 31.4 Å². The van der Waals surface area contributed by atoms with Crippen molar-refractivity contribution in [2.45, 2.75) is 57.5 Å².